The smallest absolute Gasteiger partial charge is 0.187 e. The Morgan fingerprint density at radius 1 is 0.516 bits per heavy atom. The van der Waals surface area contributed by atoms with Crippen LogP contribution in [0.5, 0.6) is 23.0 Å². The molecular formula is C48H62N10O6. The van der Waals surface area contributed by atoms with Crippen LogP contribution < -0.4 is 30.4 Å². The van der Waals surface area contributed by atoms with E-state index in [-0.39, 0.29) is 11.7 Å². The highest BCUT2D eigenvalue weighted by Gasteiger charge is 2.17. The number of amidine groups is 2. The molecule has 2 aliphatic rings. The van der Waals surface area contributed by atoms with Gasteiger partial charge in [0.25, 0.3) is 0 Å². The number of hydrogen-bond donors (Lipinski definition) is 4. The molecule has 0 amide bonds. The van der Waals surface area contributed by atoms with Gasteiger partial charge in [0.2, 0.25) is 0 Å². The van der Waals surface area contributed by atoms with E-state index in [0.717, 1.165) is 127 Å². The fourth-order valence-corrected chi connectivity index (χ4v) is 7.19. The predicted molar refractivity (Wildman–Crippen MR) is 248 cm³/mol. The van der Waals surface area contributed by atoms with Crippen LogP contribution >= 0.6 is 0 Å². The van der Waals surface area contributed by atoms with E-state index in [2.05, 4.69) is 40.8 Å². The van der Waals surface area contributed by atoms with Crippen LogP contribution in [0.4, 0.5) is 5.69 Å². The van der Waals surface area contributed by atoms with Crippen molar-refractivity contribution in [2.75, 3.05) is 105 Å². The van der Waals surface area contributed by atoms with Crippen molar-refractivity contribution >= 4 is 17.4 Å². The normalized spacial score (nSPS) is 15.3. The maximum Gasteiger partial charge on any atom is 0.187 e. The van der Waals surface area contributed by atoms with E-state index in [1.165, 1.54) is 0 Å². The number of benzene rings is 4. The molecule has 0 aliphatic carbocycles. The molecule has 16 heteroatoms. The number of oxime groups is 2. The highest BCUT2D eigenvalue weighted by atomic mass is 16.5. The second-order valence-electron chi connectivity index (χ2n) is 15.4. The van der Waals surface area contributed by atoms with E-state index in [0.29, 0.717) is 48.8 Å². The number of nitrogens with zero attached hydrogens (tertiary/aromatic N) is 8. The first-order valence-corrected chi connectivity index (χ1v) is 21.9. The van der Waals surface area contributed by atoms with Gasteiger partial charge in [-0.25, -0.2) is 4.85 Å². The maximum atomic E-state index is 8.82. The molecule has 6 N–H and O–H groups in total. The Hall–Kier alpha value is -6.56. The van der Waals surface area contributed by atoms with Crippen molar-refractivity contribution in [2.24, 2.45) is 21.8 Å². The topological polar surface area (TPSA) is 195 Å². The van der Waals surface area contributed by atoms with Gasteiger partial charge in [0.1, 0.15) is 23.0 Å². The van der Waals surface area contributed by atoms with Crippen molar-refractivity contribution in [1.82, 2.24) is 19.6 Å². The maximum absolute atomic E-state index is 8.82. The van der Waals surface area contributed by atoms with Crippen LogP contribution in [0.25, 0.3) is 4.85 Å². The highest BCUT2D eigenvalue weighted by Crippen LogP contribution is 2.19. The average Bonchev–Trinajstić information content (AvgIpc) is 3.35. The molecule has 0 radical (unpaired) electrons. The van der Waals surface area contributed by atoms with Gasteiger partial charge in [0.05, 0.1) is 44.6 Å². The van der Waals surface area contributed by atoms with Gasteiger partial charge in [-0.3, -0.25) is 0 Å². The van der Waals surface area contributed by atoms with Gasteiger partial charge in [0, 0.05) is 89.7 Å². The van der Waals surface area contributed by atoms with Crippen molar-refractivity contribution in [3.8, 4) is 29.1 Å². The molecule has 0 unspecified atom stereocenters. The monoisotopic (exact) mass is 874 g/mol. The van der Waals surface area contributed by atoms with Crippen molar-refractivity contribution in [2.45, 2.75) is 25.7 Å². The summed E-state index contributed by atoms with van der Waals surface area (Å²) in [5, 5.41) is 32.2. The fourth-order valence-electron chi connectivity index (χ4n) is 7.19. The molecule has 16 nitrogen and oxygen atoms in total. The van der Waals surface area contributed by atoms with E-state index in [4.69, 9.17) is 52.7 Å². The number of rotatable bonds is 22. The van der Waals surface area contributed by atoms with Crippen LogP contribution in [-0.4, -0.2) is 147 Å². The Bertz CT molecular complexity index is 1920. The van der Waals surface area contributed by atoms with Crippen molar-refractivity contribution in [3.05, 3.63) is 125 Å². The standard InChI is InChI=1S/C24H34N6O4.C24H28N4O2/c25-23(27-31)19-3-7-21(8-4-19)33-17-1-11-29-13-15-30(16-14-29)12-2-18-34-22-9-5-20(6-10-22)24(26)28-32;1-26-22-6-10-24(11-7-22)30-19-3-13-28-16-14-27(15-17-28)12-2-18-29-23-8-4-21(20-25)5-9-23/h3-10,31-32H,1-2,11-18H2,(H2,25,27)(H2,26,28);4-11H,2-3,12-19H2. The number of nitriles is 1. The van der Waals surface area contributed by atoms with Gasteiger partial charge >= 0.3 is 0 Å². The molecule has 0 aromatic heterocycles. The Balaban J connectivity index is 0.000000243. The summed E-state index contributed by atoms with van der Waals surface area (Å²) in [7, 11) is 0. The molecular weight excluding hydrogens is 813 g/mol. The second kappa shape index (κ2) is 27.5. The van der Waals surface area contributed by atoms with Gasteiger partial charge in [-0.05, 0) is 111 Å². The minimum absolute atomic E-state index is 0.0876. The summed E-state index contributed by atoms with van der Waals surface area (Å²) < 4.78 is 23.1. The van der Waals surface area contributed by atoms with E-state index in [1.54, 1.807) is 48.5 Å². The van der Waals surface area contributed by atoms with Crippen molar-refractivity contribution < 1.29 is 29.4 Å². The Labute approximate surface area is 377 Å². The van der Waals surface area contributed by atoms with Gasteiger partial charge in [-0.15, -0.1) is 0 Å². The molecule has 2 heterocycles. The van der Waals surface area contributed by atoms with Crippen LogP contribution in [0.1, 0.15) is 42.4 Å². The molecule has 2 saturated heterocycles. The molecule has 6 rings (SSSR count). The summed E-state index contributed by atoms with van der Waals surface area (Å²) in [4.78, 5) is 13.3. The summed E-state index contributed by atoms with van der Waals surface area (Å²) in [5.74, 6) is 3.38. The molecule has 0 atom stereocenters. The lowest BCUT2D eigenvalue weighted by atomic mass is 10.2. The third-order valence-corrected chi connectivity index (χ3v) is 10.9. The van der Waals surface area contributed by atoms with Gasteiger partial charge in [-0.2, -0.15) is 5.26 Å². The average molecular weight is 875 g/mol. The lowest BCUT2D eigenvalue weighted by Gasteiger charge is -2.34. The first kappa shape index (κ1) is 48.5. The third-order valence-electron chi connectivity index (χ3n) is 10.9. The Morgan fingerprint density at radius 3 is 1.06 bits per heavy atom. The van der Waals surface area contributed by atoms with E-state index in [1.807, 2.05) is 48.5 Å². The van der Waals surface area contributed by atoms with Crippen molar-refractivity contribution in [1.29, 1.82) is 5.26 Å². The summed E-state index contributed by atoms with van der Waals surface area (Å²) >= 11 is 0. The molecule has 2 aliphatic heterocycles. The molecule has 0 bridgehead atoms. The van der Waals surface area contributed by atoms with Crippen LogP contribution in [0.15, 0.2) is 107 Å². The molecule has 64 heavy (non-hydrogen) atoms. The molecule has 4 aromatic rings. The van der Waals surface area contributed by atoms with Crippen LogP contribution in [0, 0.1) is 17.9 Å². The Kier molecular flexibility index (Phi) is 20.8. The zero-order chi connectivity index (χ0) is 45.2. The zero-order valence-electron chi connectivity index (χ0n) is 36.6. The predicted octanol–water partition coefficient (Wildman–Crippen LogP) is 5.70. The number of ether oxygens (including phenoxy) is 4. The molecule has 4 aromatic carbocycles. The van der Waals surface area contributed by atoms with Crippen LogP contribution in [-0.2, 0) is 0 Å². The molecule has 0 saturated carbocycles. The van der Waals surface area contributed by atoms with E-state index in [9.17, 15) is 0 Å². The lowest BCUT2D eigenvalue weighted by molar-refractivity contribution is 0.120. The zero-order valence-corrected chi connectivity index (χ0v) is 36.6. The minimum atomic E-state index is 0.0876. The summed E-state index contributed by atoms with van der Waals surface area (Å²) in [6, 6.07) is 31.1. The first-order valence-electron chi connectivity index (χ1n) is 21.9. The Morgan fingerprint density at radius 2 is 0.797 bits per heavy atom. The quantitative estimate of drug-likeness (QED) is 0.0188. The van der Waals surface area contributed by atoms with Crippen molar-refractivity contribution in [3.63, 3.8) is 0 Å². The van der Waals surface area contributed by atoms with Gasteiger partial charge < -0.3 is 60.4 Å². The summed E-state index contributed by atoms with van der Waals surface area (Å²) in [6.45, 7) is 22.4. The summed E-state index contributed by atoms with van der Waals surface area (Å²) in [6.07, 6.45) is 3.93. The molecule has 0 spiro atoms. The van der Waals surface area contributed by atoms with Crippen LogP contribution in [0.3, 0.4) is 0 Å². The van der Waals surface area contributed by atoms with Crippen LogP contribution in [0.2, 0.25) is 0 Å². The number of nitrogens with two attached hydrogens (primary N) is 2. The number of hydrogen-bond acceptors (Lipinski definition) is 13. The largest absolute Gasteiger partial charge is 0.494 e. The SMILES string of the molecule is N/C(=N\O)c1ccc(OCCCN2CCN(CCCOc3ccc(/C(N)=N/O)cc3)CC2)cc1.[C-]#[N+]c1ccc(OCCCN2CCN(CCCOc3ccc(C#N)cc3)CC2)cc1. The molecule has 2 fully saturated rings. The first-order chi connectivity index (χ1) is 31.3. The highest BCUT2D eigenvalue weighted by molar-refractivity contribution is 5.97. The van der Waals surface area contributed by atoms with Gasteiger partial charge in [0.15, 0.2) is 17.4 Å². The van der Waals surface area contributed by atoms with Gasteiger partial charge in [-0.1, -0.05) is 22.4 Å². The summed E-state index contributed by atoms with van der Waals surface area (Å²) in [5.41, 5.74) is 13.7. The fraction of sp³-hybridized carbons (Fsp3) is 0.417. The van der Waals surface area contributed by atoms with E-state index >= 15 is 0 Å². The second-order valence-corrected chi connectivity index (χ2v) is 15.4. The number of piperazine rings is 2. The van der Waals surface area contributed by atoms with E-state index < -0.39 is 0 Å². The lowest BCUT2D eigenvalue weighted by Crippen LogP contribution is -2.47. The third kappa shape index (κ3) is 17.3. The minimum Gasteiger partial charge on any atom is -0.494 e. The molecule has 340 valence electrons.